The van der Waals surface area contributed by atoms with Crippen molar-refractivity contribution in [1.82, 2.24) is 9.71 Å². The number of carboxylic acids is 1. The lowest BCUT2D eigenvalue weighted by molar-refractivity contribution is -0.131. The molecule has 1 aliphatic rings. The van der Waals surface area contributed by atoms with Crippen LogP contribution in [0.2, 0.25) is 0 Å². The third-order valence-corrected chi connectivity index (χ3v) is 5.08. The molecule has 1 fully saturated rings. The fraction of sp³-hybridized carbons (Fsp3) is 0.429. The first-order chi connectivity index (χ1) is 9.81. The summed E-state index contributed by atoms with van der Waals surface area (Å²) in [6.07, 6.45) is 8.09. The number of hydrogen-bond acceptors (Lipinski definition) is 4. The van der Waals surface area contributed by atoms with Gasteiger partial charge >= 0.3 is 5.97 Å². The van der Waals surface area contributed by atoms with Crippen molar-refractivity contribution in [2.75, 3.05) is 6.54 Å². The smallest absolute Gasteiger partial charge is 0.328 e. The molecular weight excluding hydrogens is 292 g/mol. The van der Waals surface area contributed by atoms with E-state index in [2.05, 4.69) is 16.6 Å². The Labute approximate surface area is 124 Å². The summed E-state index contributed by atoms with van der Waals surface area (Å²) in [4.78, 5) is 14.4. The van der Waals surface area contributed by atoms with Gasteiger partial charge in [-0.05, 0) is 36.0 Å². The van der Waals surface area contributed by atoms with Crippen molar-refractivity contribution < 1.29 is 18.3 Å². The molecule has 0 aromatic carbocycles. The largest absolute Gasteiger partial charge is 0.478 e. The predicted molar refractivity (Wildman–Crippen MR) is 78.1 cm³/mol. The van der Waals surface area contributed by atoms with Crippen LogP contribution in [0, 0.1) is 5.41 Å². The van der Waals surface area contributed by atoms with Crippen molar-refractivity contribution in [2.24, 2.45) is 5.41 Å². The molecule has 0 bridgehead atoms. The summed E-state index contributed by atoms with van der Waals surface area (Å²) in [6, 6.07) is 1.40. The Morgan fingerprint density at radius 2 is 2.19 bits per heavy atom. The van der Waals surface area contributed by atoms with Gasteiger partial charge in [-0.2, -0.15) is 0 Å². The van der Waals surface area contributed by atoms with Gasteiger partial charge in [-0.15, -0.1) is 0 Å². The maximum Gasteiger partial charge on any atom is 0.328 e. The van der Waals surface area contributed by atoms with E-state index in [1.54, 1.807) is 0 Å². The Morgan fingerprint density at radius 1 is 1.48 bits per heavy atom. The predicted octanol–water partition coefficient (Wildman–Crippen LogP) is 1.65. The second-order valence-corrected chi connectivity index (χ2v) is 7.38. The maximum atomic E-state index is 12.2. The Morgan fingerprint density at radius 3 is 2.76 bits per heavy atom. The topological polar surface area (TPSA) is 96.4 Å². The number of hydrogen-bond donors (Lipinski definition) is 2. The standard InChI is InChI=1S/C14H18N2O4S/c1-14(5-2-6-14)10-16-21(19,20)12-7-11(8-15-9-12)3-4-13(17)18/h3-4,7-9,16H,2,5-6,10H2,1H3,(H,17,18)/b4-3+. The summed E-state index contributed by atoms with van der Waals surface area (Å²) in [5.74, 6) is -1.10. The Hall–Kier alpha value is -1.73. The molecule has 6 nitrogen and oxygen atoms in total. The third-order valence-electron chi connectivity index (χ3n) is 3.71. The highest BCUT2D eigenvalue weighted by atomic mass is 32.2. The molecule has 0 spiro atoms. The SMILES string of the molecule is CC1(CNS(=O)(=O)c2cncc(/C=C/C(=O)O)c2)CCC1. The van der Waals surface area contributed by atoms with Crippen LogP contribution in [0.5, 0.6) is 0 Å². The number of carbonyl (C=O) groups is 1. The van der Waals surface area contributed by atoms with Crippen molar-refractivity contribution in [3.8, 4) is 0 Å². The second kappa shape index (κ2) is 5.95. The highest BCUT2D eigenvalue weighted by molar-refractivity contribution is 7.89. The normalized spacial score (nSPS) is 17.6. The third kappa shape index (κ3) is 4.12. The zero-order chi connectivity index (χ0) is 15.5. The van der Waals surface area contributed by atoms with E-state index in [1.165, 1.54) is 24.5 Å². The average Bonchev–Trinajstić information content (AvgIpc) is 2.41. The first-order valence-corrected chi connectivity index (χ1v) is 8.15. The van der Waals surface area contributed by atoms with Gasteiger partial charge < -0.3 is 5.11 Å². The van der Waals surface area contributed by atoms with Crippen LogP contribution in [0.25, 0.3) is 6.08 Å². The van der Waals surface area contributed by atoms with Gasteiger partial charge in [0.1, 0.15) is 4.90 Å². The monoisotopic (exact) mass is 310 g/mol. The van der Waals surface area contributed by atoms with Crippen molar-refractivity contribution in [3.63, 3.8) is 0 Å². The molecule has 7 heteroatoms. The van der Waals surface area contributed by atoms with Crippen LogP contribution in [0.1, 0.15) is 31.7 Å². The van der Waals surface area contributed by atoms with E-state index in [0.29, 0.717) is 12.1 Å². The molecule has 0 amide bonds. The summed E-state index contributed by atoms with van der Waals surface area (Å²) >= 11 is 0. The quantitative estimate of drug-likeness (QED) is 0.779. The van der Waals surface area contributed by atoms with E-state index >= 15 is 0 Å². The molecule has 1 aliphatic carbocycles. The van der Waals surface area contributed by atoms with E-state index in [-0.39, 0.29) is 10.3 Å². The number of aromatic nitrogens is 1. The van der Waals surface area contributed by atoms with Gasteiger partial charge in [-0.3, -0.25) is 4.98 Å². The van der Waals surface area contributed by atoms with Crippen LogP contribution in [-0.4, -0.2) is 31.0 Å². The number of sulfonamides is 1. The number of nitrogens with one attached hydrogen (secondary N) is 1. The van der Waals surface area contributed by atoms with Crippen LogP contribution in [0.15, 0.2) is 29.4 Å². The van der Waals surface area contributed by atoms with Crippen molar-refractivity contribution in [1.29, 1.82) is 0 Å². The minimum atomic E-state index is -3.62. The molecule has 21 heavy (non-hydrogen) atoms. The van der Waals surface area contributed by atoms with Gasteiger partial charge in [-0.25, -0.2) is 17.9 Å². The average molecular weight is 310 g/mol. The molecule has 1 aromatic heterocycles. The zero-order valence-electron chi connectivity index (χ0n) is 11.7. The second-order valence-electron chi connectivity index (χ2n) is 5.61. The van der Waals surface area contributed by atoms with Crippen LogP contribution in [0.4, 0.5) is 0 Å². The molecule has 0 saturated heterocycles. The van der Waals surface area contributed by atoms with Crippen LogP contribution in [-0.2, 0) is 14.8 Å². The Bertz CT molecular complexity index is 663. The van der Waals surface area contributed by atoms with E-state index in [4.69, 9.17) is 5.11 Å². The molecule has 0 aliphatic heterocycles. The molecule has 0 unspecified atom stereocenters. The molecule has 1 heterocycles. The van der Waals surface area contributed by atoms with E-state index in [0.717, 1.165) is 25.3 Å². The van der Waals surface area contributed by atoms with Gasteiger partial charge in [0.2, 0.25) is 10.0 Å². The van der Waals surface area contributed by atoms with Gasteiger partial charge in [0, 0.05) is 25.0 Å². The molecule has 0 radical (unpaired) electrons. The highest BCUT2D eigenvalue weighted by Gasteiger charge is 2.33. The fourth-order valence-corrected chi connectivity index (χ4v) is 3.35. The van der Waals surface area contributed by atoms with Crippen LogP contribution < -0.4 is 4.72 Å². The van der Waals surface area contributed by atoms with Crippen LogP contribution >= 0.6 is 0 Å². The molecule has 1 saturated carbocycles. The van der Waals surface area contributed by atoms with E-state index < -0.39 is 16.0 Å². The molecule has 0 atom stereocenters. The minimum absolute atomic E-state index is 0.0398. The summed E-state index contributed by atoms with van der Waals surface area (Å²) < 4.78 is 27.0. The lowest BCUT2D eigenvalue weighted by atomic mass is 9.71. The minimum Gasteiger partial charge on any atom is -0.478 e. The summed E-state index contributed by atoms with van der Waals surface area (Å²) in [5, 5.41) is 8.57. The first kappa shape index (κ1) is 15.7. The number of rotatable bonds is 6. The fourth-order valence-electron chi connectivity index (χ4n) is 2.15. The summed E-state index contributed by atoms with van der Waals surface area (Å²) in [5.41, 5.74) is 0.469. The summed E-state index contributed by atoms with van der Waals surface area (Å²) in [6.45, 7) is 2.47. The molecule has 2 N–H and O–H groups in total. The Balaban J connectivity index is 2.12. The molecule has 114 valence electrons. The van der Waals surface area contributed by atoms with Gasteiger partial charge in [-0.1, -0.05) is 13.3 Å². The van der Waals surface area contributed by atoms with Crippen molar-refractivity contribution >= 4 is 22.1 Å². The maximum absolute atomic E-state index is 12.2. The lowest BCUT2D eigenvalue weighted by Crippen LogP contribution is -2.39. The molecule has 1 aromatic rings. The lowest BCUT2D eigenvalue weighted by Gasteiger charge is -2.38. The number of carboxylic acid groups (broad SMARTS) is 1. The molecule has 2 rings (SSSR count). The number of nitrogens with zero attached hydrogens (tertiary/aromatic N) is 1. The van der Waals surface area contributed by atoms with E-state index in [1.807, 2.05) is 0 Å². The van der Waals surface area contributed by atoms with Crippen molar-refractivity contribution in [2.45, 2.75) is 31.1 Å². The van der Waals surface area contributed by atoms with Crippen LogP contribution in [0.3, 0.4) is 0 Å². The molecular formula is C14H18N2O4S. The zero-order valence-corrected chi connectivity index (χ0v) is 12.6. The first-order valence-electron chi connectivity index (χ1n) is 6.67. The Kier molecular flexibility index (Phi) is 4.43. The van der Waals surface area contributed by atoms with Gasteiger partial charge in [0.25, 0.3) is 0 Å². The van der Waals surface area contributed by atoms with Gasteiger partial charge in [0.05, 0.1) is 0 Å². The van der Waals surface area contributed by atoms with Gasteiger partial charge in [0.15, 0.2) is 0 Å². The van der Waals surface area contributed by atoms with Crippen molar-refractivity contribution in [3.05, 3.63) is 30.1 Å². The van der Waals surface area contributed by atoms with E-state index in [9.17, 15) is 13.2 Å². The highest BCUT2D eigenvalue weighted by Crippen LogP contribution is 2.39. The summed E-state index contributed by atoms with van der Waals surface area (Å²) in [7, 11) is -3.62. The number of aliphatic carboxylic acids is 1. The number of pyridine rings is 1.